The highest BCUT2D eigenvalue weighted by molar-refractivity contribution is 6.30. The topological polar surface area (TPSA) is 58.6 Å². The maximum Gasteiger partial charge on any atom is 0.265 e. The molecule has 0 fully saturated rings. The van der Waals surface area contributed by atoms with E-state index in [1.165, 1.54) is 17.0 Å². The molecule has 0 saturated heterocycles. The van der Waals surface area contributed by atoms with E-state index >= 15 is 0 Å². The average molecular weight is 363 g/mol. The van der Waals surface area contributed by atoms with Crippen molar-refractivity contribution in [1.29, 1.82) is 0 Å². The number of amides is 2. The Labute approximate surface area is 149 Å². The van der Waals surface area contributed by atoms with Crippen LogP contribution in [0.3, 0.4) is 0 Å². The molecule has 1 N–H and O–H groups in total. The van der Waals surface area contributed by atoms with Crippen LogP contribution in [-0.2, 0) is 16.1 Å². The maximum atomic E-state index is 13.1. The molecule has 130 valence electrons. The van der Waals surface area contributed by atoms with E-state index in [4.69, 9.17) is 16.3 Å². The van der Waals surface area contributed by atoms with Gasteiger partial charge in [-0.3, -0.25) is 14.5 Å². The number of hydrogen-bond acceptors (Lipinski definition) is 3. The van der Waals surface area contributed by atoms with Gasteiger partial charge in [0.15, 0.2) is 6.61 Å². The molecule has 3 rings (SSSR count). The lowest BCUT2D eigenvalue weighted by molar-refractivity contribution is -0.125. The van der Waals surface area contributed by atoms with Crippen LogP contribution in [0, 0.1) is 12.7 Å². The molecule has 2 aromatic rings. The summed E-state index contributed by atoms with van der Waals surface area (Å²) in [6.45, 7) is 1.90. The number of hydrogen-bond donors (Lipinski definition) is 1. The highest BCUT2D eigenvalue weighted by Crippen LogP contribution is 2.32. The fourth-order valence-electron chi connectivity index (χ4n) is 2.53. The quantitative estimate of drug-likeness (QED) is 0.909. The minimum atomic E-state index is -0.512. The van der Waals surface area contributed by atoms with Crippen LogP contribution in [0.4, 0.5) is 10.1 Å². The van der Waals surface area contributed by atoms with E-state index in [0.717, 1.165) is 5.56 Å². The molecule has 0 aromatic heterocycles. The van der Waals surface area contributed by atoms with Gasteiger partial charge in [-0.25, -0.2) is 4.39 Å². The fourth-order valence-corrected chi connectivity index (χ4v) is 2.74. The standard InChI is InChI=1S/C18H16ClFN2O3/c1-11-2-5-15-16(6-11)25-10-18(24)22(15)9-17(23)21-8-12-3-4-14(20)13(19)7-12/h2-7H,8-10H2,1H3,(H,21,23). The Morgan fingerprint density at radius 1 is 1.32 bits per heavy atom. The van der Waals surface area contributed by atoms with Crippen molar-refractivity contribution >= 4 is 29.1 Å². The molecule has 1 heterocycles. The molecular formula is C18H16ClFN2O3. The number of rotatable bonds is 4. The van der Waals surface area contributed by atoms with Gasteiger partial charge in [-0.2, -0.15) is 0 Å². The number of benzene rings is 2. The van der Waals surface area contributed by atoms with Gasteiger partial charge in [0.25, 0.3) is 5.91 Å². The second-order valence-corrected chi connectivity index (χ2v) is 6.17. The average Bonchev–Trinajstić information content (AvgIpc) is 2.58. The SMILES string of the molecule is Cc1ccc2c(c1)OCC(=O)N2CC(=O)NCc1ccc(F)c(Cl)c1. The molecule has 7 heteroatoms. The molecule has 0 spiro atoms. The van der Waals surface area contributed by atoms with Gasteiger partial charge in [-0.05, 0) is 42.3 Å². The molecule has 0 bridgehead atoms. The summed E-state index contributed by atoms with van der Waals surface area (Å²) < 4.78 is 18.6. The predicted molar refractivity (Wildman–Crippen MR) is 92.3 cm³/mol. The van der Waals surface area contributed by atoms with Crippen LogP contribution in [0.1, 0.15) is 11.1 Å². The van der Waals surface area contributed by atoms with Crippen LogP contribution in [0.5, 0.6) is 5.75 Å². The first-order valence-electron chi connectivity index (χ1n) is 7.68. The summed E-state index contributed by atoms with van der Waals surface area (Å²) in [6, 6.07) is 9.68. The van der Waals surface area contributed by atoms with Crippen molar-refractivity contribution in [3.8, 4) is 5.75 Å². The van der Waals surface area contributed by atoms with Crippen LogP contribution in [-0.4, -0.2) is 25.0 Å². The number of halogens is 2. The Morgan fingerprint density at radius 2 is 2.12 bits per heavy atom. The Kier molecular flexibility index (Phi) is 4.90. The number of carbonyl (C=O) groups excluding carboxylic acids is 2. The van der Waals surface area contributed by atoms with Crippen molar-refractivity contribution in [3.05, 3.63) is 58.4 Å². The van der Waals surface area contributed by atoms with Crippen molar-refractivity contribution in [2.45, 2.75) is 13.5 Å². The number of nitrogens with one attached hydrogen (secondary N) is 1. The Bertz CT molecular complexity index is 841. The fraction of sp³-hybridized carbons (Fsp3) is 0.222. The molecule has 25 heavy (non-hydrogen) atoms. The molecule has 1 aliphatic rings. The van der Waals surface area contributed by atoms with Crippen molar-refractivity contribution in [2.75, 3.05) is 18.1 Å². The summed E-state index contributed by atoms with van der Waals surface area (Å²) >= 11 is 5.72. The third-order valence-electron chi connectivity index (χ3n) is 3.83. The molecule has 2 amide bonds. The van der Waals surface area contributed by atoms with E-state index in [0.29, 0.717) is 17.0 Å². The van der Waals surface area contributed by atoms with Crippen molar-refractivity contribution < 1.29 is 18.7 Å². The third kappa shape index (κ3) is 3.91. The van der Waals surface area contributed by atoms with Crippen LogP contribution < -0.4 is 15.0 Å². The number of carbonyl (C=O) groups is 2. The number of fused-ring (bicyclic) bond motifs is 1. The largest absolute Gasteiger partial charge is 0.482 e. The third-order valence-corrected chi connectivity index (χ3v) is 4.12. The Balaban J connectivity index is 1.66. The molecule has 0 aliphatic carbocycles. The summed E-state index contributed by atoms with van der Waals surface area (Å²) in [5, 5.41) is 2.70. The number of anilines is 1. The minimum absolute atomic E-state index is 0.000553. The Morgan fingerprint density at radius 3 is 2.88 bits per heavy atom. The zero-order chi connectivity index (χ0) is 18.0. The van der Waals surface area contributed by atoms with Gasteiger partial charge in [0.1, 0.15) is 18.1 Å². The number of aryl methyl sites for hydroxylation is 1. The van der Waals surface area contributed by atoms with Gasteiger partial charge in [-0.15, -0.1) is 0 Å². The normalized spacial score (nSPS) is 13.2. The molecule has 1 aliphatic heterocycles. The van der Waals surface area contributed by atoms with Crippen LogP contribution in [0.25, 0.3) is 0 Å². The lowest BCUT2D eigenvalue weighted by Crippen LogP contribution is -2.45. The summed E-state index contributed by atoms with van der Waals surface area (Å²) in [7, 11) is 0. The molecule has 0 radical (unpaired) electrons. The lowest BCUT2D eigenvalue weighted by Gasteiger charge is -2.29. The highest BCUT2D eigenvalue weighted by Gasteiger charge is 2.27. The van der Waals surface area contributed by atoms with Crippen LogP contribution in [0.15, 0.2) is 36.4 Å². The minimum Gasteiger partial charge on any atom is -0.482 e. The molecule has 0 atom stereocenters. The van der Waals surface area contributed by atoms with E-state index in [2.05, 4.69) is 5.32 Å². The number of ether oxygens (including phenoxy) is 1. The van der Waals surface area contributed by atoms with E-state index < -0.39 is 5.82 Å². The highest BCUT2D eigenvalue weighted by atomic mass is 35.5. The molecule has 0 unspecified atom stereocenters. The molecule has 2 aromatic carbocycles. The maximum absolute atomic E-state index is 13.1. The lowest BCUT2D eigenvalue weighted by atomic mass is 10.1. The summed E-state index contributed by atoms with van der Waals surface area (Å²) in [5.41, 5.74) is 2.25. The second kappa shape index (κ2) is 7.11. The monoisotopic (exact) mass is 362 g/mol. The van der Waals surface area contributed by atoms with Gasteiger partial charge in [-0.1, -0.05) is 23.7 Å². The smallest absolute Gasteiger partial charge is 0.265 e. The molecular weight excluding hydrogens is 347 g/mol. The van der Waals surface area contributed by atoms with Crippen molar-refractivity contribution in [2.24, 2.45) is 0 Å². The molecule has 5 nitrogen and oxygen atoms in total. The Hall–Kier alpha value is -2.60. The van der Waals surface area contributed by atoms with Gasteiger partial charge in [0, 0.05) is 6.54 Å². The van der Waals surface area contributed by atoms with Gasteiger partial charge in [0.2, 0.25) is 5.91 Å². The van der Waals surface area contributed by atoms with Crippen LogP contribution in [0.2, 0.25) is 5.02 Å². The number of nitrogens with zero attached hydrogens (tertiary/aromatic N) is 1. The van der Waals surface area contributed by atoms with Gasteiger partial charge in [0.05, 0.1) is 10.7 Å². The van der Waals surface area contributed by atoms with E-state index in [-0.39, 0.29) is 36.5 Å². The van der Waals surface area contributed by atoms with E-state index in [1.54, 1.807) is 12.1 Å². The van der Waals surface area contributed by atoms with Crippen molar-refractivity contribution in [1.82, 2.24) is 5.32 Å². The summed E-state index contributed by atoms with van der Waals surface area (Å²) in [6.07, 6.45) is 0. The first-order valence-corrected chi connectivity index (χ1v) is 8.06. The summed E-state index contributed by atoms with van der Waals surface area (Å²) in [5.74, 6) is -0.543. The van der Waals surface area contributed by atoms with Gasteiger partial charge >= 0.3 is 0 Å². The zero-order valence-electron chi connectivity index (χ0n) is 13.5. The second-order valence-electron chi connectivity index (χ2n) is 5.76. The van der Waals surface area contributed by atoms with E-state index in [9.17, 15) is 14.0 Å². The first-order chi connectivity index (χ1) is 11.9. The molecule has 0 saturated carbocycles. The van der Waals surface area contributed by atoms with E-state index in [1.807, 2.05) is 19.1 Å². The van der Waals surface area contributed by atoms with Gasteiger partial charge < -0.3 is 10.1 Å². The first kappa shape index (κ1) is 17.2. The van der Waals surface area contributed by atoms with Crippen LogP contribution >= 0.6 is 11.6 Å². The summed E-state index contributed by atoms with van der Waals surface area (Å²) in [4.78, 5) is 25.7. The zero-order valence-corrected chi connectivity index (χ0v) is 14.3. The van der Waals surface area contributed by atoms with Crippen molar-refractivity contribution in [3.63, 3.8) is 0 Å². The predicted octanol–water partition coefficient (Wildman–Crippen LogP) is 2.83.